The van der Waals surface area contributed by atoms with Crippen LogP contribution in [0.5, 0.6) is 0 Å². The zero-order valence-electron chi connectivity index (χ0n) is 11.6. The van der Waals surface area contributed by atoms with E-state index in [2.05, 4.69) is 4.98 Å². The average molecular weight is 297 g/mol. The lowest BCUT2D eigenvalue weighted by molar-refractivity contribution is 0.0709. The summed E-state index contributed by atoms with van der Waals surface area (Å²) in [5.41, 5.74) is 0. The summed E-state index contributed by atoms with van der Waals surface area (Å²) in [6, 6.07) is 0.873. The van der Waals surface area contributed by atoms with E-state index >= 15 is 0 Å². The van der Waals surface area contributed by atoms with Crippen molar-refractivity contribution in [3.63, 3.8) is 0 Å². The number of nitrogens with one attached hydrogen (secondary N) is 1. The molecule has 17 heavy (non-hydrogen) atoms. The molecule has 0 aliphatic rings. The van der Waals surface area contributed by atoms with Gasteiger partial charge < -0.3 is 23.7 Å². The molecule has 0 amide bonds. The molecule has 0 aromatic rings. The predicted molar refractivity (Wildman–Crippen MR) is 79.3 cm³/mol. The second-order valence-corrected chi connectivity index (χ2v) is 12.3. The van der Waals surface area contributed by atoms with Crippen LogP contribution in [-0.4, -0.2) is 53.6 Å². The molecule has 0 saturated heterocycles. The van der Waals surface area contributed by atoms with E-state index in [1.165, 1.54) is 0 Å². The maximum atomic E-state index is 5.83. The highest BCUT2D eigenvalue weighted by Crippen LogP contribution is 2.17. The number of rotatable bonds is 11. The standard InChI is InChI=1S/C9H28N2O3Si3/c1-4-12-17(13-5-2,14-6-3)9-7-8-11-16(10)15/h11,16H,4-10H2,1-3,15H3. The van der Waals surface area contributed by atoms with Crippen LogP contribution in [0.25, 0.3) is 0 Å². The van der Waals surface area contributed by atoms with Crippen molar-refractivity contribution in [3.8, 4) is 0 Å². The van der Waals surface area contributed by atoms with Crippen molar-refractivity contribution in [2.24, 2.45) is 5.40 Å². The van der Waals surface area contributed by atoms with Gasteiger partial charge in [0.05, 0.1) is 0 Å². The van der Waals surface area contributed by atoms with Crippen molar-refractivity contribution in [2.75, 3.05) is 26.4 Å². The second-order valence-electron chi connectivity index (χ2n) is 3.83. The Balaban J connectivity index is 4.14. The van der Waals surface area contributed by atoms with Crippen LogP contribution < -0.4 is 10.4 Å². The summed E-state index contributed by atoms with van der Waals surface area (Å²) in [7, 11) is -2.34. The SMILES string of the molecule is CCO[Si](CCCN[SiH](N)[SiH3])(OCC)OCC. The molecule has 3 N–H and O–H groups in total. The molecule has 0 aromatic carbocycles. The second kappa shape index (κ2) is 10.4. The lowest BCUT2D eigenvalue weighted by Gasteiger charge is -2.28. The Morgan fingerprint density at radius 2 is 1.59 bits per heavy atom. The Morgan fingerprint density at radius 3 is 1.94 bits per heavy atom. The lowest BCUT2D eigenvalue weighted by Crippen LogP contribution is -2.48. The van der Waals surface area contributed by atoms with Crippen molar-refractivity contribution >= 4 is 27.2 Å². The fourth-order valence-corrected chi connectivity index (χ4v) is 5.77. The molecule has 0 saturated carbocycles. The van der Waals surface area contributed by atoms with Crippen molar-refractivity contribution in [3.05, 3.63) is 0 Å². The van der Waals surface area contributed by atoms with Crippen LogP contribution in [0.3, 0.4) is 0 Å². The van der Waals surface area contributed by atoms with E-state index in [4.69, 9.17) is 18.7 Å². The van der Waals surface area contributed by atoms with Gasteiger partial charge in [-0.3, -0.25) is 0 Å². The van der Waals surface area contributed by atoms with Gasteiger partial charge in [-0.05, 0) is 33.7 Å². The maximum absolute atomic E-state index is 5.83. The highest BCUT2D eigenvalue weighted by molar-refractivity contribution is 6.99. The first-order valence-corrected chi connectivity index (χ1v) is 14.3. The normalized spacial score (nSPS) is 14.1. The Hall–Kier alpha value is 0.451. The van der Waals surface area contributed by atoms with E-state index in [1.807, 2.05) is 20.8 Å². The van der Waals surface area contributed by atoms with Gasteiger partial charge in [0, 0.05) is 35.6 Å². The molecule has 104 valence electrons. The minimum absolute atomic E-state index is 0.647. The first-order valence-electron chi connectivity index (χ1n) is 6.51. The molecule has 0 aromatic heterocycles. The molecule has 8 heteroatoms. The molecule has 0 fully saturated rings. The molecule has 5 nitrogen and oxygen atoms in total. The van der Waals surface area contributed by atoms with Crippen LogP contribution in [-0.2, 0) is 13.3 Å². The highest BCUT2D eigenvalue weighted by Gasteiger charge is 2.39. The van der Waals surface area contributed by atoms with Crippen molar-refractivity contribution in [1.82, 2.24) is 4.98 Å². The van der Waals surface area contributed by atoms with E-state index in [0.29, 0.717) is 19.8 Å². The first-order chi connectivity index (χ1) is 8.10. The van der Waals surface area contributed by atoms with E-state index in [-0.39, 0.29) is 0 Å². The molecule has 1 unspecified atom stereocenters. The third kappa shape index (κ3) is 8.21. The lowest BCUT2D eigenvalue weighted by atomic mass is 10.5. The van der Waals surface area contributed by atoms with Crippen molar-refractivity contribution in [2.45, 2.75) is 33.2 Å². The van der Waals surface area contributed by atoms with Gasteiger partial charge in [-0.15, -0.1) is 0 Å². The van der Waals surface area contributed by atoms with Gasteiger partial charge in [0.2, 0.25) is 0 Å². The zero-order valence-corrected chi connectivity index (χ0v) is 15.8. The van der Waals surface area contributed by atoms with E-state index in [1.54, 1.807) is 0 Å². The van der Waals surface area contributed by atoms with Gasteiger partial charge in [-0.2, -0.15) is 0 Å². The summed E-state index contributed by atoms with van der Waals surface area (Å²) in [5, 5.41) is 5.83. The Kier molecular flexibility index (Phi) is 10.7. The summed E-state index contributed by atoms with van der Waals surface area (Å²) in [6.07, 6.45) is 1.01. The summed E-state index contributed by atoms with van der Waals surface area (Å²) in [6.45, 7) is 8.85. The van der Waals surface area contributed by atoms with Crippen LogP contribution in [0.2, 0.25) is 6.04 Å². The predicted octanol–water partition coefficient (Wildman–Crippen LogP) is -0.944. The number of nitrogens with two attached hydrogens (primary N) is 1. The van der Waals surface area contributed by atoms with E-state index in [0.717, 1.165) is 28.8 Å². The molecular weight excluding hydrogens is 268 g/mol. The molecule has 0 aliphatic heterocycles. The number of hydrogen-bond acceptors (Lipinski definition) is 5. The Bertz CT molecular complexity index is 170. The van der Waals surface area contributed by atoms with Crippen LogP contribution in [0.4, 0.5) is 0 Å². The molecule has 0 spiro atoms. The molecule has 0 aliphatic carbocycles. The largest absolute Gasteiger partial charge is 0.500 e. The fraction of sp³-hybridized carbons (Fsp3) is 1.00. The summed E-state index contributed by atoms with van der Waals surface area (Å²) >= 11 is 0. The molecule has 0 heterocycles. The van der Waals surface area contributed by atoms with E-state index < -0.39 is 17.4 Å². The van der Waals surface area contributed by atoms with Crippen molar-refractivity contribution in [1.29, 1.82) is 0 Å². The summed E-state index contributed by atoms with van der Waals surface area (Å²) < 4.78 is 17.3. The Labute approximate surface area is 111 Å². The third-order valence-electron chi connectivity index (χ3n) is 2.22. The Morgan fingerprint density at radius 1 is 1.12 bits per heavy atom. The van der Waals surface area contributed by atoms with Gasteiger partial charge in [0.1, 0.15) is 0 Å². The number of hydrogen-bond donors (Lipinski definition) is 2. The molecule has 0 radical (unpaired) electrons. The summed E-state index contributed by atoms with van der Waals surface area (Å²) in [4.78, 5) is 3.38. The maximum Gasteiger partial charge on any atom is 0.500 e. The third-order valence-corrected chi connectivity index (χ3v) is 7.53. The zero-order chi connectivity index (χ0) is 13.1. The first kappa shape index (κ1) is 17.5. The molecular formula is C9H28N2O3Si3. The molecule has 0 bridgehead atoms. The topological polar surface area (TPSA) is 65.7 Å². The quantitative estimate of drug-likeness (QED) is 0.380. The van der Waals surface area contributed by atoms with Gasteiger partial charge in [0.15, 0.2) is 8.64 Å². The average Bonchev–Trinajstić information content (AvgIpc) is 2.25. The van der Waals surface area contributed by atoms with E-state index in [9.17, 15) is 0 Å². The molecule has 0 rings (SSSR count). The van der Waals surface area contributed by atoms with Crippen LogP contribution in [0.1, 0.15) is 27.2 Å². The summed E-state index contributed by atoms with van der Waals surface area (Å²) in [5.74, 6) is 0. The fourth-order valence-electron chi connectivity index (χ4n) is 1.64. The smallest absolute Gasteiger partial charge is 0.374 e. The van der Waals surface area contributed by atoms with Crippen LogP contribution >= 0.6 is 0 Å². The van der Waals surface area contributed by atoms with Crippen LogP contribution in [0.15, 0.2) is 0 Å². The van der Waals surface area contributed by atoms with Crippen LogP contribution in [0, 0.1) is 0 Å². The minimum atomic E-state index is -2.42. The monoisotopic (exact) mass is 296 g/mol. The highest BCUT2D eigenvalue weighted by atomic mass is 29.2. The van der Waals surface area contributed by atoms with Gasteiger partial charge >= 0.3 is 8.80 Å². The van der Waals surface area contributed by atoms with Gasteiger partial charge in [-0.1, -0.05) is 0 Å². The minimum Gasteiger partial charge on any atom is -0.374 e. The van der Waals surface area contributed by atoms with Crippen molar-refractivity contribution < 1.29 is 13.3 Å². The molecule has 1 atom stereocenters. The van der Waals surface area contributed by atoms with Gasteiger partial charge in [0.25, 0.3) is 0 Å². The van der Waals surface area contributed by atoms with Gasteiger partial charge in [-0.25, -0.2) is 0 Å².